The quantitative estimate of drug-likeness (QED) is 0.786. The van der Waals surface area contributed by atoms with Crippen LogP contribution in [0.4, 0.5) is 0 Å². The van der Waals surface area contributed by atoms with E-state index < -0.39 is 14.6 Å². The number of rotatable bonds is 3. The predicted octanol–water partition coefficient (Wildman–Crippen LogP) is 1.70. The Morgan fingerprint density at radius 3 is 2.47 bits per heavy atom. The highest BCUT2D eigenvalue weighted by Crippen LogP contribution is 2.16. The molecule has 0 unspecified atom stereocenters. The van der Waals surface area contributed by atoms with Crippen LogP contribution in [-0.2, 0) is 16.4 Å². The highest BCUT2D eigenvalue weighted by Gasteiger charge is 2.28. The molecule has 86 valence electrons. The molecule has 0 spiro atoms. The van der Waals surface area contributed by atoms with Gasteiger partial charge in [0.15, 0.2) is 9.84 Å². The number of aromatic nitrogens is 2. The maximum atomic E-state index is 11.8. The minimum Gasteiger partial charge on any atom is -0.271 e. The molecule has 6 heteroatoms. The van der Waals surface area contributed by atoms with Gasteiger partial charge in [-0.15, -0.1) is 0 Å². The summed E-state index contributed by atoms with van der Waals surface area (Å²) < 4.78 is 25.6. The van der Waals surface area contributed by atoms with E-state index in [1.165, 1.54) is 0 Å². The molecule has 1 aromatic rings. The van der Waals surface area contributed by atoms with Crippen molar-refractivity contribution >= 4 is 32.4 Å². The molecule has 0 radical (unpaired) electrons. The van der Waals surface area contributed by atoms with Crippen LogP contribution in [0.15, 0.2) is 12.4 Å². The molecule has 0 aliphatic heterocycles. The fourth-order valence-corrected chi connectivity index (χ4v) is 2.47. The molecular formula is C9H15IN2O2S. The summed E-state index contributed by atoms with van der Waals surface area (Å²) in [4.78, 5) is 0. The van der Waals surface area contributed by atoms with Crippen molar-refractivity contribution in [3.05, 3.63) is 16.0 Å². The standard InChI is InChI=1S/C9H15IN2O2S/c1-9(2,3)15(13,14)5-4-12-7-8(10)6-11-12/h6-7H,4-5H2,1-3H3. The summed E-state index contributed by atoms with van der Waals surface area (Å²) in [6, 6.07) is 0. The van der Waals surface area contributed by atoms with E-state index in [2.05, 4.69) is 27.7 Å². The molecular weight excluding hydrogens is 327 g/mol. The second-order valence-electron chi connectivity index (χ2n) is 4.35. The van der Waals surface area contributed by atoms with Crippen molar-refractivity contribution in [2.75, 3.05) is 5.75 Å². The lowest BCUT2D eigenvalue weighted by Gasteiger charge is -2.18. The van der Waals surface area contributed by atoms with Gasteiger partial charge in [-0.05, 0) is 43.4 Å². The molecule has 4 nitrogen and oxygen atoms in total. The number of sulfone groups is 1. The third-order valence-electron chi connectivity index (χ3n) is 2.12. The summed E-state index contributed by atoms with van der Waals surface area (Å²) in [7, 11) is -3.05. The highest BCUT2D eigenvalue weighted by molar-refractivity contribution is 14.1. The molecule has 0 N–H and O–H groups in total. The first-order valence-electron chi connectivity index (χ1n) is 4.63. The molecule has 1 rings (SSSR count). The zero-order valence-electron chi connectivity index (χ0n) is 9.07. The highest BCUT2D eigenvalue weighted by atomic mass is 127. The molecule has 1 aromatic heterocycles. The summed E-state index contributed by atoms with van der Waals surface area (Å²) in [5, 5.41) is 4.05. The molecule has 0 aliphatic carbocycles. The van der Waals surface area contributed by atoms with Gasteiger partial charge in [-0.25, -0.2) is 8.42 Å². The summed E-state index contributed by atoms with van der Waals surface area (Å²) in [6.07, 6.45) is 3.54. The van der Waals surface area contributed by atoms with Gasteiger partial charge in [-0.1, -0.05) is 0 Å². The molecule has 0 aromatic carbocycles. The van der Waals surface area contributed by atoms with Crippen molar-refractivity contribution in [1.82, 2.24) is 9.78 Å². The summed E-state index contributed by atoms with van der Waals surface area (Å²) in [5.41, 5.74) is 0. The Morgan fingerprint density at radius 1 is 1.47 bits per heavy atom. The summed E-state index contributed by atoms with van der Waals surface area (Å²) >= 11 is 2.14. The van der Waals surface area contributed by atoms with Crippen molar-refractivity contribution in [2.45, 2.75) is 32.1 Å². The minimum atomic E-state index is -3.05. The molecule has 0 fully saturated rings. The molecule has 0 saturated heterocycles. The zero-order valence-corrected chi connectivity index (χ0v) is 12.0. The van der Waals surface area contributed by atoms with Gasteiger partial charge in [0.1, 0.15) is 0 Å². The minimum absolute atomic E-state index is 0.133. The molecule has 0 bridgehead atoms. The number of nitrogens with zero attached hydrogens (tertiary/aromatic N) is 2. The van der Waals surface area contributed by atoms with Crippen molar-refractivity contribution in [3.8, 4) is 0 Å². The van der Waals surface area contributed by atoms with Crippen LogP contribution in [0.1, 0.15) is 20.8 Å². The average molecular weight is 342 g/mol. The van der Waals surface area contributed by atoms with Crippen LogP contribution < -0.4 is 0 Å². The Kier molecular flexibility index (Phi) is 3.80. The van der Waals surface area contributed by atoms with Gasteiger partial charge in [0.25, 0.3) is 0 Å². The Labute approximate surface area is 104 Å². The maximum Gasteiger partial charge on any atom is 0.157 e. The molecule has 15 heavy (non-hydrogen) atoms. The Morgan fingerprint density at radius 2 is 2.07 bits per heavy atom. The first-order chi connectivity index (χ1) is 6.72. The van der Waals surface area contributed by atoms with Crippen molar-refractivity contribution < 1.29 is 8.42 Å². The zero-order chi connectivity index (χ0) is 11.7. The monoisotopic (exact) mass is 342 g/mol. The lowest BCUT2D eigenvalue weighted by molar-refractivity contribution is 0.548. The van der Waals surface area contributed by atoms with Crippen LogP contribution in [0.25, 0.3) is 0 Å². The SMILES string of the molecule is CC(C)(C)S(=O)(=O)CCn1cc(I)cn1. The second kappa shape index (κ2) is 4.40. The Bertz CT molecular complexity index is 431. The van der Waals surface area contributed by atoms with Gasteiger partial charge < -0.3 is 0 Å². The Hall–Kier alpha value is -0.110. The molecule has 1 heterocycles. The number of halogens is 1. The van der Waals surface area contributed by atoms with E-state index in [1.807, 2.05) is 6.20 Å². The van der Waals surface area contributed by atoms with Gasteiger partial charge in [-0.3, -0.25) is 4.68 Å². The first kappa shape index (κ1) is 13.0. The van der Waals surface area contributed by atoms with E-state index in [1.54, 1.807) is 31.6 Å². The largest absolute Gasteiger partial charge is 0.271 e. The molecule has 0 atom stereocenters. The van der Waals surface area contributed by atoms with E-state index >= 15 is 0 Å². The Balaban J connectivity index is 2.66. The van der Waals surface area contributed by atoms with Crippen molar-refractivity contribution in [3.63, 3.8) is 0 Å². The van der Waals surface area contributed by atoms with Gasteiger partial charge >= 0.3 is 0 Å². The predicted molar refractivity (Wildman–Crippen MR) is 68.5 cm³/mol. The van der Waals surface area contributed by atoms with Crippen molar-refractivity contribution in [2.24, 2.45) is 0 Å². The summed E-state index contributed by atoms with van der Waals surface area (Å²) in [6.45, 7) is 5.57. The number of hydrogen-bond acceptors (Lipinski definition) is 3. The van der Waals surface area contributed by atoms with E-state index in [9.17, 15) is 8.42 Å². The van der Waals surface area contributed by atoms with Gasteiger partial charge in [0, 0.05) is 6.20 Å². The van der Waals surface area contributed by atoms with Crippen LogP contribution in [0.3, 0.4) is 0 Å². The average Bonchev–Trinajstić information content (AvgIpc) is 2.46. The van der Waals surface area contributed by atoms with E-state index in [0.29, 0.717) is 6.54 Å². The molecule has 0 saturated carbocycles. The van der Waals surface area contributed by atoms with Crippen LogP contribution in [-0.4, -0.2) is 28.7 Å². The topological polar surface area (TPSA) is 52.0 Å². The van der Waals surface area contributed by atoms with Gasteiger partial charge in [-0.2, -0.15) is 5.10 Å². The lowest BCUT2D eigenvalue weighted by Crippen LogP contribution is -2.32. The van der Waals surface area contributed by atoms with Gasteiger partial charge in [0.2, 0.25) is 0 Å². The third-order valence-corrected chi connectivity index (χ3v) is 5.27. The normalized spacial score (nSPS) is 13.1. The van der Waals surface area contributed by atoms with Gasteiger partial charge in [0.05, 0.1) is 26.8 Å². The second-order valence-corrected chi connectivity index (χ2v) is 8.46. The number of hydrogen-bond donors (Lipinski definition) is 0. The van der Waals surface area contributed by atoms with Crippen molar-refractivity contribution in [1.29, 1.82) is 0 Å². The molecule has 0 aliphatic rings. The lowest BCUT2D eigenvalue weighted by atomic mass is 10.3. The third kappa shape index (κ3) is 3.44. The molecule has 0 amide bonds. The first-order valence-corrected chi connectivity index (χ1v) is 7.36. The van der Waals surface area contributed by atoms with E-state index in [0.717, 1.165) is 3.57 Å². The van der Waals surface area contributed by atoms with Crippen LogP contribution in [0, 0.1) is 3.57 Å². The fraction of sp³-hybridized carbons (Fsp3) is 0.667. The smallest absolute Gasteiger partial charge is 0.157 e. The van der Waals surface area contributed by atoms with Crippen LogP contribution >= 0.6 is 22.6 Å². The fourth-order valence-electron chi connectivity index (χ4n) is 0.981. The van der Waals surface area contributed by atoms with Crippen LogP contribution in [0.5, 0.6) is 0 Å². The van der Waals surface area contributed by atoms with E-state index in [-0.39, 0.29) is 5.75 Å². The van der Waals surface area contributed by atoms with E-state index in [4.69, 9.17) is 0 Å². The summed E-state index contributed by atoms with van der Waals surface area (Å²) in [5.74, 6) is 0.133. The van der Waals surface area contributed by atoms with Crippen LogP contribution in [0.2, 0.25) is 0 Å². The maximum absolute atomic E-state index is 11.8. The number of aryl methyl sites for hydroxylation is 1.